The zero-order chi connectivity index (χ0) is 26.3. The van der Waals surface area contributed by atoms with Gasteiger partial charge in [-0.1, -0.05) is 74.5 Å². The largest absolute Gasteiger partial charge is 0.389 e. The van der Waals surface area contributed by atoms with E-state index in [1.54, 1.807) is 13.0 Å². The zero-order valence-corrected chi connectivity index (χ0v) is 22.6. The van der Waals surface area contributed by atoms with Crippen LogP contribution in [0.2, 0.25) is 0 Å². The number of β-amino-alcohol motifs (C(OH)–C–C–N with tert-alkyl or cyclic N) is 1. The zero-order valence-electron chi connectivity index (χ0n) is 22.6. The van der Waals surface area contributed by atoms with E-state index in [9.17, 15) is 9.50 Å². The Kier molecular flexibility index (Phi) is 9.84. The molecule has 0 aromatic heterocycles. The SMILES string of the molecule is Cc1ccc(CC(C)(C)NC[C@@H](O)COC(C)c2ccccc2-c2cccc(CC(C)C)c2)cc1F. The number of hydrogen-bond donors (Lipinski definition) is 2. The Hall–Kier alpha value is -2.53. The van der Waals surface area contributed by atoms with E-state index in [1.807, 2.05) is 25.1 Å². The van der Waals surface area contributed by atoms with Gasteiger partial charge in [0, 0.05) is 12.1 Å². The summed E-state index contributed by atoms with van der Waals surface area (Å²) in [6, 6.07) is 22.4. The van der Waals surface area contributed by atoms with Crippen LogP contribution in [0.3, 0.4) is 0 Å². The van der Waals surface area contributed by atoms with Crippen molar-refractivity contribution in [3.63, 3.8) is 0 Å². The van der Waals surface area contributed by atoms with Crippen LogP contribution in [0.4, 0.5) is 4.39 Å². The van der Waals surface area contributed by atoms with Crippen molar-refractivity contribution in [2.24, 2.45) is 5.92 Å². The third-order valence-electron chi connectivity index (χ3n) is 6.52. The molecule has 0 fully saturated rings. The maximum absolute atomic E-state index is 13.9. The highest BCUT2D eigenvalue weighted by Crippen LogP contribution is 2.31. The molecular weight excluding hydrogens is 449 g/mol. The Morgan fingerprint density at radius 2 is 1.69 bits per heavy atom. The summed E-state index contributed by atoms with van der Waals surface area (Å²) < 4.78 is 20.0. The summed E-state index contributed by atoms with van der Waals surface area (Å²) in [6.07, 6.45) is 0.907. The van der Waals surface area contributed by atoms with Gasteiger partial charge in [0.1, 0.15) is 5.82 Å². The number of halogens is 1. The van der Waals surface area contributed by atoms with Gasteiger partial charge >= 0.3 is 0 Å². The number of ether oxygens (including phenoxy) is 1. The molecule has 0 saturated carbocycles. The summed E-state index contributed by atoms with van der Waals surface area (Å²) in [5, 5.41) is 14.0. The van der Waals surface area contributed by atoms with E-state index in [4.69, 9.17) is 4.74 Å². The molecule has 0 radical (unpaired) electrons. The average Bonchev–Trinajstić information content (AvgIpc) is 2.83. The van der Waals surface area contributed by atoms with E-state index in [0.717, 1.165) is 23.1 Å². The standard InChI is InChI=1S/C32H42FNO2/c1-22(2)16-25-10-9-11-27(17-25)30-13-8-7-12-29(30)24(4)36-21-28(35)20-34-32(5,6)19-26-15-14-23(3)31(33)18-26/h7-15,17-18,22,24,28,34-35H,16,19-21H2,1-6H3/t24?,28-/m1/s1. The number of benzene rings is 3. The topological polar surface area (TPSA) is 41.5 Å². The van der Waals surface area contributed by atoms with Crippen LogP contribution in [0.25, 0.3) is 11.1 Å². The lowest BCUT2D eigenvalue weighted by molar-refractivity contribution is -0.00397. The van der Waals surface area contributed by atoms with Gasteiger partial charge in [-0.25, -0.2) is 4.39 Å². The van der Waals surface area contributed by atoms with Gasteiger partial charge in [0.25, 0.3) is 0 Å². The Balaban J connectivity index is 1.57. The Morgan fingerprint density at radius 3 is 2.42 bits per heavy atom. The molecule has 3 rings (SSSR count). The summed E-state index contributed by atoms with van der Waals surface area (Å²) in [6.45, 7) is 13.0. The maximum Gasteiger partial charge on any atom is 0.126 e. The van der Waals surface area contributed by atoms with Gasteiger partial charge in [-0.15, -0.1) is 0 Å². The lowest BCUT2D eigenvalue weighted by Gasteiger charge is -2.28. The van der Waals surface area contributed by atoms with E-state index in [1.165, 1.54) is 11.1 Å². The number of aliphatic hydroxyl groups is 1. The molecular formula is C32H42FNO2. The molecule has 36 heavy (non-hydrogen) atoms. The van der Waals surface area contributed by atoms with Crippen molar-refractivity contribution in [1.29, 1.82) is 0 Å². The molecule has 0 saturated heterocycles. The summed E-state index contributed by atoms with van der Waals surface area (Å²) in [4.78, 5) is 0. The monoisotopic (exact) mass is 491 g/mol. The second kappa shape index (κ2) is 12.6. The van der Waals surface area contributed by atoms with Crippen molar-refractivity contribution in [2.45, 2.75) is 72.1 Å². The molecule has 0 aliphatic rings. The molecule has 3 aromatic rings. The smallest absolute Gasteiger partial charge is 0.126 e. The first-order valence-electron chi connectivity index (χ1n) is 13.0. The summed E-state index contributed by atoms with van der Waals surface area (Å²) >= 11 is 0. The van der Waals surface area contributed by atoms with Gasteiger partial charge < -0.3 is 15.2 Å². The van der Waals surface area contributed by atoms with Gasteiger partial charge in [-0.05, 0) is 85.9 Å². The Bertz CT molecular complexity index is 1120. The van der Waals surface area contributed by atoms with Crippen molar-refractivity contribution in [3.05, 3.63) is 94.8 Å². The van der Waals surface area contributed by atoms with Crippen LogP contribution in [0.15, 0.2) is 66.7 Å². The third-order valence-corrected chi connectivity index (χ3v) is 6.52. The van der Waals surface area contributed by atoms with E-state index < -0.39 is 6.10 Å². The van der Waals surface area contributed by atoms with Crippen LogP contribution in [0, 0.1) is 18.7 Å². The maximum atomic E-state index is 13.9. The highest BCUT2D eigenvalue weighted by atomic mass is 19.1. The van der Waals surface area contributed by atoms with Crippen LogP contribution in [-0.4, -0.2) is 29.9 Å². The van der Waals surface area contributed by atoms with Crippen LogP contribution in [-0.2, 0) is 17.6 Å². The molecule has 3 aromatic carbocycles. The lowest BCUT2D eigenvalue weighted by atomic mass is 9.93. The minimum Gasteiger partial charge on any atom is -0.389 e. The fraction of sp³-hybridized carbons (Fsp3) is 0.438. The fourth-order valence-electron chi connectivity index (χ4n) is 4.57. The van der Waals surface area contributed by atoms with Gasteiger partial charge in [0.2, 0.25) is 0 Å². The van der Waals surface area contributed by atoms with Gasteiger partial charge in [-0.3, -0.25) is 0 Å². The normalized spacial score (nSPS) is 13.7. The van der Waals surface area contributed by atoms with Crippen molar-refractivity contribution in [3.8, 4) is 11.1 Å². The van der Waals surface area contributed by atoms with E-state index in [2.05, 4.69) is 75.5 Å². The average molecular weight is 492 g/mol. The number of aliphatic hydroxyl groups excluding tert-OH is 1. The van der Waals surface area contributed by atoms with Crippen LogP contribution in [0.5, 0.6) is 0 Å². The predicted octanol–water partition coefficient (Wildman–Crippen LogP) is 7.05. The van der Waals surface area contributed by atoms with E-state index >= 15 is 0 Å². The first-order chi connectivity index (χ1) is 17.0. The Morgan fingerprint density at radius 1 is 0.944 bits per heavy atom. The number of aryl methyl sites for hydroxylation is 1. The molecule has 4 heteroatoms. The minimum atomic E-state index is -0.650. The Labute approximate surface area is 216 Å². The number of rotatable bonds is 12. The molecule has 0 aliphatic heterocycles. The minimum absolute atomic E-state index is 0.159. The molecule has 1 unspecified atom stereocenters. The first kappa shape index (κ1) is 28.0. The lowest BCUT2D eigenvalue weighted by Crippen LogP contribution is -2.46. The highest BCUT2D eigenvalue weighted by molar-refractivity contribution is 5.68. The van der Waals surface area contributed by atoms with Crippen molar-refractivity contribution < 1.29 is 14.2 Å². The number of hydrogen-bond acceptors (Lipinski definition) is 3. The van der Waals surface area contributed by atoms with Crippen molar-refractivity contribution in [1.82, 2.24) is 5.32 Å². The molecule has 0 aliphatic carbocycles. The summed E-state index contributed by atoms with van der Waals surface area (Å²) in [7, 11) is 0. The molecule has 2 atom stereocenters. The van der Waals surface area contributed by atoms with Crippen LogP contribution in [0.1, 0.15) is 63.0 Å². The molecule has 2 N–H and O–H groups in total. The fourth-order valence-corrected chi connectivity index (χ4v) is 4.57. The van der Waals surface area contributed by atoms with Crippen LogP contribution >= 0.6 is 0 Å². The number of nitrogens with one attached hydrogen (secondary N) is 1. The van der Waals surface area contributed by atoms with Gasteiger partial charge in [0.05, 0.1) is 18.8 Å². The predicted molar refractivity (Wildman–Crippen MR) is 148 cm³/mol. The van der Waals surface area contributed by atoms with Crippen LogP contribution < -0.4 is 5.32 Å². The molecule has 0 bridgehead atoms. The van der Waals surface area contributed by atoms with Crippen molar-refractivity contribution in [2.75, 3.05) is 13.2 Å². The molecule has 3 nitrogen and oxygen atoms in total. The van der Waals surface area contributed by atoms with E-state index in [-0.39, 0.29) is 24.1 Å². The quantitative estimate of drug-likeness (QED) is 0.285. The molecule has 194 valence electrons. The van der Waals surface area contributed by atoms with E-state index in [0.29, 0.717) is 24.4 Å². The summed E-state index contributed by atoms with van der Waals surface area (Å²) in [5.74, 6) is 0.425. The third kappa shape index (κ3) is 8.26. The second-order valence-corrected chi connectivity index (χ2v) is 11.0. The van der Waals surface area contributed by atoms with Gasteiger partial charge in [0.15, 0.2) is 0 Å². The van der Waals surface area contributed by atoms with Crippen molar-refractivity contribution >= 4 is 0 Å². The highest BCUT2D eigenvalue weighted by Gasteiger charge is 2.21. The van der Waals surface area contributed by atoms with Gasteiger partial charge in [-0.2, -0.15) is 0 Å². The summed E-state index contributed by atoms with van der Waals surface area (Å²) in [5.41, 5.74) is 6.09. The molecule has 0 heterocycles. The first-order valence-corrected chi connectivity index (χ1v) is 13.0. The molecule has 0 spiro atoms. The molecule has 0 amide bonds. The second-order valence-electron chi connectivity index (χ2n) is 11.0.